The van der Waals surface area contributed by atoms with Crippen molar-refractivity contribution in [3.05, 3.63) is 57.6 Å². The molecule has 0 aliphatic carbocycles. The zero-order chi connectivity index (χ0) is 18.0. The van der Waals surface area contributed by atoms with Crippen LogP contribution in [-0.4, -0.2) is 30.5 Å². The minimum absolute atomic E-state index is 0.116. The maximum atomic E-state index is 12.2. The van der Waals surface area contributed by atoms with Crippen LogP contribution >= 0.6 is 15.9 Å². The van der Waals surface area contributed by atoms with Gasteiger partial charge in [0.15, 0.2) is 0 Å². The van der Waals surface area contributed by atoms with E-state index in [0.29, 0.717) is 12.5 Å². The minimum Gasteiger partial charge on any atom is -0.292 e. The van der Waals surface area contributed by atoms with E-state index < -0.39 is 0 Å². The van der Waals surface area contributed by atoms with Crippen LogP contribution in [-0.2, 0) is 17.9 Å². The highest BCUT2D eigenvalue weighted by Gasteiger charge is 2.13. The van der Waals surface area contributed by atoms with Crippen LogP contribution in [0, 0.1) is 20.8 Å². The van der Waals surface area contributed by atoms with Gasteiger partial charge in [-0.05, 0) is 42.3 Å². The Labute approximate surface area is 154 Å². The van der Waals surface area contributed by atoms with Gasteiger partial charge >= 0.3 is 0 Å². The fourth-order valence-corrected chi connectivity index (χ4v) is 2.84. The van der Waals surface area contributed by atoms with E-state index in [0.717, 1.165) is 21.4 Å². The smallest absolute Gasteiger partial charge is 0.248 e. The van der Waals surface area contributed by atoms with Crippen molar-refractivity contribution in [1.82, 2.24) is 24.5 Å². The molecule has 0 atom stereocenters. The molecule has 1 aromatic carbocycles. The fourth-order valence-electron chi connectivity index (χ4n) is 2.55. The molecule has 0 spiro atoms. The number of carbonyl (C=O) groups is 1. The number of aryl methyl sites for hydroxylation is 2. The van der Waals surface area contributed by atoms with E-state index in [-0.39, 0.29) is 12.5 Å². The first-order chi connectivity index (χ1) is 11.9. The number of rotatable bonds is 5. The summed E-state index contributed by atoms with van der Waals surface area (Å²) in [6.45, 7) is 6.57. The first-order valence-corrected chi connectivity index (χ1v) is 8.66. The zero-order valence-corrected chi connectivity index (χ0v) is 15.9. The summed E-state index contributed by atoms with van der Waals surface area (Å²) in [5.74, 6) is 0.0738. The van der Waals surface area contributed by atoms with Crippen LogP contribution in [0.15, 0.2) is 35.1 Å². The topological polar surface area (TPSA) is 77.6 Å². The van der Waals surface area contributed by atoms with Gasteiger partial charge in [-0.25, -0.2) is 9.67 Å². The monoisotopic (exact) mass is 402 g/mol. The predicted molar refractivity (Wildman–Crippen MR) is 98.3 cm³/mol. The molecule has 8 heteroatoms. The molecule has 3 aromatic rings. The summed E-state index contributed by atoms with van der Waals surface area (Å²) in [6, 6.07) is 8.19. The molecular formula is C17H19BrN6O. The summed E-state index contributed by atoms with van der Waals surface area (Å²) in [5.41, 5.74) is 4.09. The molecule has 2 aromatic heterocycles. The standard InChI is InChI=1S/C17H19BrN6O/c1-11-5-4-6-14(7-11)8-23-10-19-17(22-23)20-15(25)9-24-13(3)16(18)12(2)21-24/h4-7,10H,8-9H2,1-3H3,(H,20,22,25). The van der Waals surface area contributed by atoms with Crippen LogP contribution in [0.4, 0.5) is 5.95 Å². The van der Waals surface area contributed by atoms with Gasteiger partial charge in [0.2, 0.25) is 11.9 Å². The van der Waals surface area contributed by atoms with Gasteiger partial charge in [-0.3, -0.25) is 14.8 Å². The molecule has 0 bridgehead atoms. The van der Waals surface area contributed by atoms with Crippen molar-refractivity contribution in [3.8, 4) is 0 Å². The highest BCUT2D eigenvalue weighted by atomic mass is 79.9. The Bertz CT molecular complexity index is 914. The lowest BCUT2D eigenvalue weighted by Crippen LogP contribution is -2.21. The van der Waals surface area contributed by atoms with Crippen molar-refractivity contribution in [2.24, 2.45) is 0 Å². The summed E-state index contributed by atoms with van der Waals surface area (Å²) in [6.07, 6.45) is 1.61. The Morgan fingerprint density at radius 1 is 1.24 bits per heavy atom. The molecule has 7 nitrogen and oxygen atoms in total. The zero-order valence-electron chi connectivity index (χ0n) is 14.3. The van der Waals surface area contributed by atoms with E-state index in [4.69, 9.17) is 0 Å². The predicted octanol–water partition coefficient (Wildman–Crippen LogP) is 2.85. The van der Waals surface area contributed by atoms with Gasteiger partial charge in [0, 0.05) is 0 Å². The molecule has 0 unspecified atom stereocenters. The van der Waals surface area contributed by atoms with Crippen LogP contribution in [0.3, 0.4) is 0 Å². The number of halogens is 1. The molecule has 1 N–H and O–H groups in total. The highest BCUT2D eigenvalue weighted by molar-refractivity contribution is 9.10. The van der Waals surface area contributed by atoms with E-state index in [1.54, 1.807) is 15.7 Å². The average molecular weight is 403 g/mol. The first kappa shape index (κ1) is 17.3. The second-order valence-electron chi connectivity index (χ2n) is 5.95. The Balaban J connectivity index is 1.62. The third-order valence-electron chi connectivity index (χ3n) is 3.80. The largest absolute Gasteiger partial charge is 0.292 e. The molecule has 0 aliphatic rings. The summed E-state index contributed by atoms with van der Waals surface area (Å²) in [7, 11) is 0. The van der Waals surface area contributed by atoms with Crippen molar-refractivity contribution in [2.75, 3.05) is 5.32 Å². The maximum Gasteiger partial charge on any atom is 0.248 e. The quantitative estimate of drug-likeness (QED) is 0.711. The second-order valence-corrected chi connectivity index (χ2v) is 6.74. The molecule has 3 rings (SSSR count). The van der Waals surface area contributed by atoms with E-state index in [1.165, 1.54) is 5.56 Å². The van der Waals surface area contributed by atoms with Gasteiger partial charge < -0.3 is 0 Å². The number of benzene rings is 1. The molecule has 0 saturated heterocycles. The van der Waals surface area contributed by atoms with Crippen LogP contribution in [0.25, 0.3) is 0 Å². The van der Waals surface area contributed by atoms with Crippen LogP contribution in [0.5, 0.6) is 0 Å². The summed E-state index contributed by atoms with van der Waals surface area (Å²) in [5, 5.41) is 11.3. The fraction of sp³-hybridized carbons (Fsp3) is 0.294. The lowest BCUT2D eigenvalue weighted by Gasteiger charge is -2.04. The molecule has 0 radical (unpaired) electrons. The third kappa shape index (κ3) is 4.14. The van der Waals surface area contributed by atoms with E-state index >= 15 is 0 Å². The molecule has 0 aliphatic heterocycles. The summed E-state index contributed by atoms with van der Waals surface area (Å²) < 4.78 is 4.27. The van der Waals surface area contributed by atoms with Crippen molar-refractivity contribution in [2.45, 2.75) is 33.9 Å². The van der Waals surface area contributed by atoms with Gasteiger partial charge in [-0.15, -0.1) is 5.10 Å². The SMILES string of the molecule is Cc1cccc(Cn2cnc(NC(=O)Cn3nc(C)c(Br)c3C)n2)c1. The number of aromatic nitrogens is 5. The Morgan fingerprint density at radius 2 is 2.04 bits per heavy atom. The van der Waals surface area contributed by atoms with Crippen molar-refractivity contribution in [1.29, 1.82) is 0 Å². The number of carbonyl (C=O) groups excluding carboxylic acids is 1. The van der Waals surface area contributed by atoms with Crippen LogP contribution in [0.2, 0.25) is 0 Å². The molecule has 1 amide bonds. The Kier molecular flexibility index (Phi) is 4.98. The normalized spacial score (nSPS) is 10.9. The van der Waals surface area contributed by atoms with Crippen molar-refractivity contribution >= 4 is 27.8 Å². The van der Waals surface area contributed by atoms with Gasteiger partial charge in [-0.2, -0.15) is 5.10 Å². The van der Waals surface area contributed by atoms with Gasteiger partial charge in [0.05, 0.1) is 22.4 Å². The van der Waals surface area contributed by atoms with Gasteiger partial charge in [-0.1, -0.05) is 29.8 Å². The molecule has 130 valence electrons. The van der Waals surface area contributed by atoms with Crippen molar-refractivity contribution in [3.63, 3.8) is 0 Å². The number of hydrogen-bond donors (Lipinski definition) is 1. The number of nitrogens with zero attached hydrogens (tertiary/aromatic N) is 5. The van der Waals surface area contributed by atoms with Crippen molar-refractivity contribution < 1.29 is 4.79 Å². The number of nitrogens with one attached hydrogen (secondary N) is 1. The van der Waals surface area contributed by atoms with Crippen LogP contribution < -0.4 is 5.32 Å². The third-order valence-corrected chi connectivity index (χ3v) is 4.95. The first-order valence-electron chi connectivity index (χ1n) is 7.86. The van der Waals surface area contributed by atoms with Crippen LogP contribution in [0.1, 0.15) is 22.5 Å². The lowest BCUT2D eigenvalue weighted by molar-refractivity contribution is -0.117. The highest BCUT2D eigenvalue weighted by Crippen LogP contribution is 2.19. The molecule has 25 heavy (non-hydrogen) atoms. The molecule has 2 heterocycles. The molecule has 0 saturated carbocycles. The summed E-state index contributed by atoms with van der Waals surface area (Å²) >= 11 is 3.45. The minimum atomic E-state index is -0.216. The maximum absolute atomic E-state index is 12.2. The molecular weight excluding hydrogens is 384 g/mol. The second kappa shape index (κ2) is 7.18. The average Bonchev–Trinajstić information content (AvgIpc) is 3.08. The van der Waals surface area contributed by atoms with E-state index in [9.17, 15) is 4.79 Å². The Hall–Kier alpha value is -2.48. The molecule has 0 fully saturated rings. The van der Waals surface area contributed by atoms with Gasteiger partial charge in [0.1, 0.15) is 12.9 Å². The summed E-state index contributed by atoms with van der Waals surface area (Å²) in [4.78, 5) is 16.3. The van der Waals surface area contributed by atoms with Gasteiger partial charge in [0.25, 0.3) is 0 Å². The number of hydrogen-bond acceptors (Lipinski definition) is 4. The number of amides is 1. The van der Waals surface area contributed by atoms with E-state index in [2.05, 4.69) is 42.5 Å². The van der Waals surface area contributed by atoms with E-state index in [1.807, 2.05) is 39.0 Å². The number of anilines is 1. The Morgan fingerprint density at radius 3 is 2.72 bits per heavy atom. The lowest BCUT2D eigenvalue weighted by atomic mass is 10.1.